The Hall–Kier alpha value is -1.34. The second-order valence-corrected chi connectivity index (χ2v) is 5.15. The van der Waals surface area contributed by atoms with Crippen molar-refractivity contribution in [1.29, 1.82) is 0 Å². The maximum atomic E-state index is 11.8. The van der Waals surface area contributed by atoms with Crippen LogP contribution in [0.25, 0.3) is 5.57 Å². The Bertz CT molecular complexity index is 579. The van der Waals surface area contributed by atoms with Crippen LogP contribution in [-0.4, -0.2) is 26.2 Å². The Balaban J connectivity index is 3.15. The van der Waals surface area contributed by atoms with E-state index in [4.69, 9.17) is 16.3 Å². The van der Waals surface area contributed by atoms with Gasteiger partial charge in [-0.05, 0) is 46.4 Å². The van der Waals surface area contributed by atoms with Crippen LogP contribution in [0.4, 0.5) is 0 Å². The van der Waals surface area contributed by atoms with Crippen molar-refractivity contribution in [3.63, 3.8) is 0 Å². The third kappa shape index (κ3) is 4.64. The summed E-state index contributed by atoms with van der Waals surface area (Å²) in [5.74, 6) is -1.03. The van der Waals surface area contributed by atoms with E-state index in [0.29, 0.717) is 16.2 Å². The van der Waals surface area contributed by atoms with Crippen LogP contribution >= 0.6 is 34.2 Å². The Morgan fingerprint density at radius 1 is 1.25 bits per heavy atom. The number of rotatable bonds is 4. The minimum absolute atomic E-state index is 0.297. The molecule has 0 unspecified atom stereocenters. The van der Waals surface area contributed by atoms with Gasteiger partial charge in [0, 0.05) is 9.65 Å². The van der Waals surface area contributed by atoms with E-state index in [0.717, 1.165) is 3.57 Å². The highest BCUT2D eigenvalue weighted by Crippen LogP contribution is 2.24. The van der Waals surface area contributed by atoms with E-state index in [1.807, 2.05) is 0 Å². The summed E-state index contributed by atoms with van der Waals surface area (Å²) in [6.45, 7) is 0. The van der Waals surface area contributed by atoms with E-state index >= 15 is 0 Å². The highest BCUT2D eigenvalue weighted by Gasteiger charge is 2.12. The maximum Gasteiger partial charge on any atom is 0.338 e. The zero-order chi connectivity index (χ0) is 15.1. The second kappa shape index (κ2) is 8.06. The Labute approximate surface area is 135 Å². The van der Waals surface area contributed by atoms with Gasteiger partial charge in [-0.3, -0.25) is 0 Å². The molecule has 0 heterocycles. The van der Waals surface area contributed by atoms with E-state index in [2.05, 4.69) is 27.3 Å². The summed E-state index contributed by atoms with van der Waals surface area (Å²) in [5.41, 5.74) is 0.905. The molecule has 106 valence electrons. The second-order valence-electron chi connectivity index (χ2n) is 3.58. The number of carbonyl (C=O) groups is 2. The maximum absolute atomic E-state index is 11.8. The molecule has 0 N–H and O–H groups in total. The SMILES string of the molecule is COC(=O)C=CC=C(C(=O)OC)c1ccc(I)c(Cl)c1. The number of halogens is 2. The average Bonchev–Trinajstić information content (AvgIpc) is 2.45. The molecule has 4 nitrogen and oxygen atoms in total. The van der Waals surface area contributed by atoms with Gasteiger partial charge in [0.25, 0.3) is 0 Å². The Morgan fingerprint density at radius 3 is 2.50 bits per heavy atom. The van der Waals surface area contributed by atoms with Gasteiger partial charge in [-0.1, -0.05) is 23.7 Å². The number of ether oxygens (including phenoxy) is 2. The van der Waals surface area contributed by atoms with Crippen LogP contribution in [0, 0.1) is 3.57 Å². The minimum Gasteiger partial charge on any atom is -0.466 e. The van der Waals surface area contributed by atoms with Gasteiger partial charge in [-0.15, -0.1) is 0 Å². The molecule has 0 saturated heterocycles. The molecular weight excluding hydrogens is 395 g/mol. The normalized spacial score (nSPS) is 11.5. The van der Waals surface area contributed by atoms with Gasteiger partial charge in [-0.2, -0.15) is 0 Å². The van der Waals surface area contributed by atoms with Crippen LogP contribution in [0.15, 0.2) is 36.4 Å². The van der Waals surface area contributed by atoms with Crippen molar-refractivity contribution in [3.8, 4) is 0 Å². The Morgan fingerprint density at radius 2 is 1.95 bits per heavy atom. The molecule has 0 aliphatic carbocycles. The van der Waals surface area contributed by atoms with E-state index in [-0.39, 0.29) is 0 Å². The van der Waals surface area contributed by atoms with Crippen LogP contribution in [-0.2, 0) is 19.1 Å². The Kier molecular flexibility index (Phi) is 6.74. The molecule has 1 aromatic rings. The largest absolute Gasteiger partial charge is 0.466 e. The summed E-state index contributed by atoms with van der Waals surface area (Å²) in [4.78, 5) is 22.8. The summed E-state index contributed by atoms with van der Waals surface area (Å²) in [5, 5.41) is 0.537. The first-order valence-electron chi connectivity index (χ1n) is 5.49. The number of carbonyl (C=O) groups excluding carboxylic acids is 2. The van der Waals surface area contributed by atoms with Crippen molar-refractivity contribution in [2.24, 2.45) is 0 Å². The number of hydrogen-bond donors (Lipinski definition) is 0. The summed E-state index contributed by atoms with van der Waals surface area (Å²) >= 11 is 8.12. The lowest BCUT2D eigenvalue weighted by molar-refractivity contribution is -0.135. The van der Waals surface area contributed by atoms with E-state index in [1.165, 1.54) is 32.4 Å². The zero-order valence-corrected chi connectivity index (χ0v) is 13.8. The highest BCUT2D eigenvalue weighted by atomic mass is 127. The van der Waals surface area contributed by atoms with Crippen LogP contribution in [0.5, 0.6) is 0 Å². The van der Waals surface area contributed by atoms with Gasteiger partial charge >= 0.3 is 11.9 Å². The fraction of sp³-hybridized carbons (Fsp3) is 0.143. The van der Waals surface area contributed by atoms with Crippen molar-refractivity contribution in [2.75, 3.05) is 14.2 Å². The molecule has 0 aromatic heterocycles. The summed E-state index contributed by atoms with van der Waals surface area (Å²) in [6, 6.07) is 5.21. The summed E-state index contributed by atoms with van der Waals surface area (Å²) in [6.07, 6.45) is 4.10. The van der Waals surface area contributed by atoms with Gasteiger partial charge < -0.3 is 9.47 Å². The highest BCUT2D eigenvalue weighted by molar-refractivity contribution is 14.1. The fourth-order valence-electron chi connectivity index (χ4n) is 1.35. The molecule has 0 saturated carbocycles. The fourth-order valence-corrected chi connectivity index (χ4v) is 1.86. The van der Waals surface area contributed by atoms with E-state index in [9.17, 15) is 9.59 Å². The molecule has 0 spiro atoms. The monoisotopic (exact) mass is 406 g/mol. The quantitative estimate of drug-likeness (QED) is 0.333. The van der Waals surface area contributed by atoms with Crippen molar-refractivity contribution in [2.45, 2.75) is 0 Å². The molecule has 0 atom stereocenters. The van der Waals surface area contributed by atoms with Crippen LogP contribution in [0.3, 0.4) is 0 Å². The topological polar surface area (TPSA) is 52.6 Å². The molecule has 0 fully saturated rings. The van der Waals surface area contributed by atoms with Crippen molar-refractivity contribution >= 4 is 51.7 Å². The van der Waals surface area contributed by atoms with Gasteiger partial charge in [0.2, 0.25) is 0 Å². The van der Waals surface area contributed by atoms with Crippen LogP contribution in [0.1, 0.15) is 5.56 Å². The average molecular weight is 407 g/mol. The molecule has 20 heavy (non-hydrogen) atoms. The lowest BCUT2D eigenvalue weighted by Gasteiger charge is -2.06. The van der Waals surface area contributed by atoms with Crippen LogP contribution < -0.4 is 0 Å². The first-order chi connectivity index (χ1) is 9.49. The molecule has 0 radical (unpaired) electrons. The van der Waals surface area contributed by atoms with E-state index in [1.54, 1.807) is 18.2 Å². The lowest BCUT2D eigenvalue weighted by Crippen LogP contribution is -2.04. The third-order valence-corrected chi connectivity index (χ3v) is 3.90. The van der Waals surface area contributed by atoms with Crippen LogP contribution in [0.2, 0.25) is 5.02 Å². The molecule has 0 bridgehead atoms. The number of methoxy groups -OCH3 is 2. The third-order valence-electron chi connectivity index (χ3n) is 2.33. The predicted octanol–water partition coefficient (Wildman–Crippen LogP) is 3.23. The molecule has 1 aromatic carbocycles. The van der Waals surface area contributed by atoms with E-state index < -0.39 is 11.9 Å². The molecule has 0 amide bonds. The van der Waals surface area contributed by atoms with Crippen molar-refractivity contribution in [1.82, 2.24) is 0 Å². The lowest BCUT2D eigenvalue weighted by atomic mass is 10.1. The molecule has 0 aliphatic heterocycles. The van der Waals surface area contributed by atoms with Gasteiger partial charge in [0.05, 0.1) is 24.8 Å². The number of hydrogen-bond acceptors (Lipinski definition) is 4. The standard InChI is InChI=1S/C14H12ClIO4/c1-19-13(17)5-3-4-10(14(18)20-2)9-6-7-12(16)11(15)8-9/h3-8H,1-2H3. The van der Waals surface area contributed by atoms with Gasteiger partial charge in [0.15, 0.2) is 0 Å². The van der Waals surface area contributed by atoms with Crippen molar-refractivity contribution in [3.05, 3.63) is 50.6 Å². The molecule has 1 rings (SSSR count). The number of allylic oxidation sites excluding steroid dienone is 2. The summed E-state index contributed by atoms with van der Waals surface area (Å²) in [7, 11) is 2.56. The minimum atomic E-state index is -0.517. The first kappa shape index (κ1) is 16.7. The predicted molar refractivity (Wildman–Crippen MR) is 85.3 cm³/mol. The molecular formula is C14H12ClIO4. The van der Waals surface area contributed by atoms with Gasteiger partial charge in [0.1, 0.15) is 0 Å². The molecule has 0 aliphatic rings. The molecule has 6 heteroatoms. The number of benzene rings is 1. The zero-order valence-electron chi connectivity index (χ0n) is 10.9. The smallest absolute Gasteiger partial charge is 0.338 e. The van der Waals surface area contributed by atoms with Gasteiger partial charge in [-0.25, -0.2) is 9.59 Å². The number of esters is 2. The first-order valence-corrected chi connectivity index (χ1v) is 6.95. The van der Waals surface area contributed by atoms with Crippen molar-refractivity contribution < 1.29 is 19.1 Å². The summed E-state index contributed by atoms with van der Waals surface area (Å²) < 4.78 is 10.1.